The van der Waals surface area contributed by atoms with Crippen molar-refractivity contribution in [3.8, 4) is 0 Å². The van der Waals surface area contributed by atoms with Gasteiger partial charge in [-0.3, -0.25) is 0 Å². The van der Waals surface area contributed by atoms with Gasteiger partial charge in [0.05, 0.1) is 35.6 Å². The molecular weight excluding hydrogens is 382 g/mol. The monoisotopic (exact) mass is 420 g/mol. The molecule has 0 aromatic rings. The molecule has 3 aliphatic rings. The van der Waals surface area contributed by atoms with Gasteiger partial charge < -0.3 is 28.1 Å². The van der Waals surface area contributed by atoms with E-state index in [0.29, 0.717) is 13.2 Å². The fourth-order valence-corrected chi connectivity index (χ4v) is 4.11. The van der Waals surface area contributed by atoms with Crippen molar-refractivity contribution in [3.63, 3.8) is 0 Å². The maximum Gasteiger partial charge on any atom is 0.495 e. The molecule has 0 aromatic heterocycles. The van der Waals surface area contributed by atoms with Crippen molar-refractivity contribution in [1.29, 1.82) is 0 Å². The molecule has 0 saturated carbocycles. The first-order valence-corrected chi connectivity index (χ1v) is 10.9. The van der Waals surface area contributed by atoms with Crippen molar-refractivity contribution in [2.24, 2.45) is 0 Å². The fourth-order valence-electron chi connectivity index (χ4n) is 4.11. The number of methoxy groups -OCH3 is 2. The van der Waals surface area contributed by atoms with E-state index in [1.807, 2.05) is 0 Å². The second-order valence-electron chi connectivity index (χ2n) is 10.6. The van der Waals surface area contributed by atoms with Gasteiger partial charge in [-0.15, -0.1) is 0 Å². The predicted molar refractivity (Wildman–Crippen MR) is 119 cm³/mol. The minimum absolute atomic E-state index is 0.399. The summed E-state index contributed by atoms with van der Waals surface area (Å²) in [6.45, 7) is 17.6. The zero-order chi connectivity index (χ0) is 22.5. The van der Waals surface area contributed by atoms with Crippen LogP contribution in [0.4, 0.5) is 0 Å². The van der Waals surface area contributed by atoms with E-state index >= 15 is 0 Å². The number of rotatable bonds is 6. The lowest BCUT2D eigenvalue weighted by atomic mass is 9.60. The summed E-state index contributed by atoms with van der Waals surface area (Å²) in [4.78, 5) is 0. The Labute approximate surface area is 182 Å². The largest absolute Gasteiger partial charge is 0.495 e. The Bertz CT molecular complexity index is 706. The molecule has 6 nitrogen and oxygen atoms in total. The molecule has 0 unspecified atom stereocenters. The van der Waals surface area contributed by atoms with Crippen LogP contribution < -0.4 is 0 Å². The Balaban J connectivity index is 2.07. The SMILES string of the molecule is COCC1=C(B2OC(C)(C)C(C)(C)O2)C(COC)=C(B2OC(C)(C)C(C)(C)O2)CC1. The molecule has 0 radical (unpaired) electrons. The first-order chi connectivity index (χ1) is 13.8. The van der Waals surface area contributed by atoms with Crippen molar-refractivity contribution in [2.45, 2.75) is 90.6 Å². The van der Waals surface area contributed by atoms with Crippen molar-refractivity contribution < 1.29 is 28.1 Å². The van der Waals surface area contributed by atoms with Gasteiger partial charge in [-0.1, -0.05) is 0 Å². The fraction of sp³-hybridized carbons (Fsp3) is 0.818. The summed E-state index contributed by atoms with van der Waals surface area (Å²) in [5.41, 5.74) is 2.71. The summed E-state index contributed by atoms with van der Waals surface area (Å²) < 4.78 is 36.9. The van der Waals surface area contributed by atoms with E-state index in [2.05, 4.69) is 55.4 Å². The van der Waals surface area contributed by atoms with Crippen molar-refractivity contribution in [1.82, 2.24) is 0 Å². The summed E-state index contributed by atoms with van der Waals surface area (Å²) in [6.07, 6.45) is 1.68. The second-order valence-corrected chi connectivity index (χ2v) is 10.6. The van der Waals surface area contributed by atoms with E-state index < -0.39 is 36.6 Å². The highest BCUT2D eigenvalue weighted by Gasteiger charge is 2.56. The molecule has 8 heteroatoms. The Morgan fingerprint density at radius 2 is 1.10 bits per heavy atom. The zero-order valence-electron chi connectivity index (χ0n) is 20.4. The molecule has 0 spiro atoms. The summed E-state index contributed by atoms with van der Waals surface area (Å²) in [5, 5.41) is 0. The maximum atomic E-state index is 6.44. The third-order valence-corrected chi connectivity index (χ3v) is 7.42. The van der Waals surface area contributed by atoms with Crippen LogP contribution in [0.5, 0.6) is 0 Å². The summed E-state index contributed by atoms with van der Waals surface area (Å²) in [6, 6.07) is 0. The molecule has 0 bridgehead atoms. The molecule has 0 atom stereocenters. The van der Waals surface area contributed by atoms with Crippen LogP contribution in [0, 0.1) is 0 Å². The molecule has 0 amide bonds. The van der Waals surface area contributed by atoms with Crippen LogP contribution in [0.2, 0.25) is 0 Å². The highest BCUT2D eigenvalue weighted by molar-refractivity contribution is 6.59. The van der Waals surface area contributed by atoms with Crippen LogP contribution in [0.15, 0.2) is 22.1 Å². The standard InChI is InChI=1S/C22H38B2O6/c1-19(2)20(3,4)28-23(27-19)17-12-11-15(13-25-9)18(16(17)14-26-10)24-29-21(5,6)22(7,8)30-24/h11-14H2,1-10H3. The third-order valence-electron chi connectivity index (χ3n) is 7.42. The van der Waals surface area contributed by atoms with Crippen LogP contribution in [-0.4, -0.2) is 64.1 Å². The van der Waals surface area contributed by atoms with Gasteiger partial charge in [0.15, 0.2) is 0 Å². The molecular formula is C22H38B2O6. The first kappa shape index (κ1) is 24.0. The number of hydrogen-bond acceptors (Lipinski definition) is 6. The topological polar surface area (TPSA) is 55.4 Å². The molecule has 2 fully saturated rings. The summed E-state index contributed by atoms with van der Waals surface area (Å²) in [5.74, 6) is 0. The molecule has 2 heterocycles. The van der Waals surface area contributed by atoms with E-state index in [1.54, 1.807) is 14.2 Å². The van der Waals surface area contributed by atoms with Crippen LogP contribution >= 0.6 is 0 Å². The predicted octanol–water partition coefficient (Wildman–Crippen LogP) is 3.93. The van der Waals surface area contributed by atoms with Crippen LogP contribution in [0.1, 0.15) is 68.2 Å². The number of ether oxygens (including phenoxy) is 2. The van der Waals surface area contributed by atoms with Gasteiger partial charge in [-0.25, -0.2) is 0 Å². The highest BCUT2D eigenvalue weighted by atomic mass is 16.7. The van der Waals surface area contributed by atoms with Crippen molar-refractivity contribution in [2.75, 3.05) is 27.4 Å². The minimum atomic E-state index is -0.483. The molecule has 2 saturated heterocycles. The number of allylic oxidation sites excluding steroid dienone is 1. The Hall–Kier alpha value is -0.630. The molecule has 3 rings (SSSR count). The van der Waals surface area contributed by atoms with Crippen molar-refractivity contribution in [3.05, 3.63) is 22.1 Å². The molecule has 0 aromatic carbocycles. The average molecular weight is 420 g/mol. The average Bonchev–Trinajstić information content (AvgIpc) is 2.95. The normalized spacial score (nSPS) is 27.4. The third kappa shape index (κ3) is 4.07. The maximum absolute atomic E-state index is 6.44. The highest BCUT2D eigenvalue weighted by Crippen LogP contribution is 2.46. The second kappa shape index (κ2) is 8.05. The van der Waals surface area contributed by atoms with Gasteiger partial charge in [0, 0.05) is 14.2 Å². The van der Waals surface area contributed by atoms with Gasteiger partial charge >= 0.3 is 14.2 Å². The van der Waals surface area contributed by atoms with E-state index in [9.17, 15) is 0 Å². The molecule has 168 valence electrons. The molecule has 30 heavy (non-hydrogen) atoms. The summed E-state index contributed by atoms with van der Waals surface area (Å²) in [7, 11) is 2.53. The smallest absolute Gasteiger partial charge is 0.400 e. The van der Waals surface area contributed by atoms with Crippen LogP contribution in [-0.2, 0) is 28.1 Å². The lowest BCUT2D eigenvalue weighted by Gasteiger charge is -2.32. The Morgan fingerprint density at radius 3 is 1.53 bits per heavy atom. The number of hydrogen-bond donors (Lipinski definition) is 0. The van der Waals surface area contributed by atoms with Gasteiger partial charge in [0.2, 0.25) is 0 Å². The first-order valence-electron chi connectivity index (χ1n) is 10.9. The Kier molecular flexibility index (Phi) is 6.45. The van der Waals surface area contributed by atoms with Gasteiger partial charge in [-0.05, 0) is 90.3 Å². The molecule has 0 N–H and O–H groups in total. The molecule has 1 aliphatic carbocycles. The van der Waals surface area contributed by atoms with E-state index in [1.165, 1.54) is 5.57 Å². The van der Waals surface area contributed by atoms with Crippen molar-refractivity contribution >= 4 is 14.2 Å². The van der Waals surface area contributed by atoms with Crippen LogP contribution in [0.3, 0.4) is 0 Å². The van der Waals surface area contributed by atoms with E-state index in [-0.39, 0.29) is 0 Å². The zero-order valence-corrected chi connectivity index (χ0v) is 20.4. The summed E-state index contributed by atoms with van der Waals surface area (Å²) >= 11 is 0. The van der Waals surface area contributed by atoms with E-state index in [0.717, 1.165) is 29.4 Å². The van der Waals surface area contributed by atoms with Gasteiger partial charge in [0.1, 0.15) is 0 Å². The minimum Gasteiger partial charge on any atom is -0.400 e. The molecule has 2 aliphatic heterocycles. The Morgan fingerprint density at radius 1 is 0.667 bits per heavy atom. The lowest BCUT2D eigenvalue weighted by molar-refractivity contribution is 0.00578. The quantitative estimate of drug-likeness (QED) is 0.608. The van der Waals surface area contributed by atoms with E-state index in [4.69, 9.17) is 28.1 Å². The van der Waals surface area contributed by atoms with Gasteiger partial charge in [-0.2, -0.15) is 0 Å². The lowest BCUT2D eigenvalue weighted by Crippen LogP contribution is -2.41. The van der Waals surface area contributed by atoms with Gasteiger partial charge in [0.25, 0.3) is 0 Å². The van der Waals surface area contributed by atoms with Crippen LogP contribution in [0.25, 0.3) is 0 Å².